The number of hydrogen-bond acceptors (Lipinski definition) is 3. The molecular weight excluding hydrogens is 276 g/mol. The number of nitrogens with one attached hydrogen (secondary N) is 1. The van der Waals surface area contributed by atoms with E-state index in [-0.39, 0.29) is 0 Å². The first-order valence-corrected chi connectivity index (χ1v) is 7.40. The van der Waals surface area contributed by atoms with Crippen LogP contribution in [0.15, 0.2) is 42.5 Å². The summed E-state index contributed by atoms with van der Waals surface area (Å²) in [6, 6.07) is 14.3. The van der Waals surface area contributed by atoms with Crippen LogP contribution in [0.3, 0.4) is 0 Å². The summed E-state index contributed by atoms with van der Waals surface area (Å²) in [7, 11) is 0. The van der Waals surface area contributed by atoms with Crippen LogP contribution in [0.2, 0.25) is 5.02 Å². The normalized spacial score (nSPS) is 17.4. The van der Waals surface area contributed by atoms with Gasteiger partial charge >= 0.3 is 0 Å². The first-order valence-electron chi connectivity index (χ1n) is 6.20. The molecule has 1 unspecified atom stereocenters. The van der Waals surface area contributed by atoms with E-state index in [2.05, 4.69) is 29.6 Å². The van der Waals surface area contributed by atoms with Crippen molar-refractivity contribution < 1.29 is 0 Å². The largest absolute Gasteiger partial charge is 0.384 e. The second-order valence-corrected chi connectivity index (χ2v) is 6.10. The molecule has 2 nitrogen and oxygen atoms in total. The van der Waals surface area contributed by atoms with Crippen LogP contribution in [-0.2, 0) is 0 Å². The van der Waals surface area contributed by atoms with Crippen LogP contribution in [0.1, 0.15) is 16.5 Å². The third-order valence-corrected chi connectivity index (χ3v) is 5.16. The monoisotopic (exact) mass is 286 g/mol. The molecule has 1 aromatic heterocycles. The SMILES string of the molecule is Clc1cccc2nc(C3CNc4ccccc43)sc12. The summed E-state index contributed by atoms with van der Waals surface area (Å²) >= 11 is 7.93. The van der Waals surface area contributed by atoms with Gasteiger partial charge in [0.1, 0.15) is 5.01 Å². The molecule has 0 amide bonds. The van der Waals surface area contributed by atoms with Crippen LogP contribution >= 0.6 is 22.9 Å². The van der Waals surface area contributed by atoms with E-state index in [1.54, 1.807) is 11.3 Å². The van der Waals surface area contributed by atoms with Crippen molar-refractivity contribution in [1.29, 1.82) is 0 Å². The van der Waals surface area contributed by atoms with E-state index >= 15 is 0 Å². The van der Waals surface area contributed by atoms with Crippen LogP contribution in [0.4, 0.5) is 5.69 Å². The second kappa shape index (κ2) is 4.22. The third-order valence-electron chi connectivity index (χ3n) is 3.51. The first kappa shape index (κ1) is 11.3. The molecule has 1 aliphatic rings. The zero-order chi connectivity index (χ0) is 12.8. The average molecular weight is 287 g/mol. The zero-order valence-electron chi connectivity index (χ0n) is 10.1. The fourth-order valence-electron chi connectivity index (χ4n) is 2.59. The Morgan fingerprint density at radius 3 is 2.95 bits per heavy atom. The summed E-state index contributed by atoms with van der Waals surface area (Å²) in [6.45, 7) is 0.913. The Kier molecular flexibility index (Phi) is 2.50. The molecular formula is C15H11ClN2S. The quantitative estimate of drug-likeness (QED) is 0.712. The lowest BCUT2D eigenvalue weighted by atomic mass is 10.0. The standard InChI is InChI=1S/C15H11ClN2S/c16-11-5-3-7-13-14(11)19-15(18-13)10-8-17-12-6-2-1-4-9(10)12/h1-7,10,17H,8H2. The Balaban J connectivity index is 1.86. The number of halogens is 1. The van der Waals surface area contributed by atoms with Gasteiger partial charge in [-0.05, 0) is 23.8 Å². The third kappa shape index (κ3) is 1.73. The van der Waals surface area contributed by atoms with Crippen LogP contribution in [-0.4, -0.2) is 11.5 Å². The number of anilines is 1. The van der Waals surface area contributed by atoms with Crippen molar-refractivity contribution in [3.8, 4) is 0 Å². The maximum atomic E-state index is 6.23. The van der Waals surface area contributed by atoms with Gasteiger partial charge in [0.2, 0.25) is 0 Å². The molecule has 1 N–H and O–H groups in total. The molecule has 0 aliphatic carbocycles. The lowest BCUT2D eigenvalue weighted by molar-refractivity contribution is 0.896. The van der Waals surface area contributed by atoms with Crippen LogP contribution in [0.5, 0.6) is 0 Å². The predicted molar refractivity (Wildman–Crippen MR) is 81.4 cm³/mol. The predicted octanol–water partition coefficient (Wildman–Crippen LogP) is 4.51. The zero-order valence-corrected chi connectivity index (χ0v) is 11.6. The lowest BCUT2D eigenvalue weighted by Crippen LogP contribution is -2.02. The molecule has 0 saturated carbocycles. The van der Waals surface area contributed by atoms with Gasteiger partial charge in [-0.1, -0.05) is 35.9 Å². The van der Waals surface area contributed by atoms with Crippen molar-refractivity contribution in [2.45, 2.75) is 5.92 Å². The number of rotatable bonds is 1. The highest BCUT2D eigenvalue weighted by Gasteiger charge is 2.26. The lowest BCUT2D eigenvalue weighted by Gasteiger charge is -2.05. The Bertz CT molecular complexity index is 766. The summed E-state index contributed by atoms with van der Waals surface area (Å²) < 4.78 is 1.09. The second-order valence-electron chi connectivity index (χ2n) is 4.66. The van der Waals surface area contributed by atoms with E-state index in [9.17, 15) is 0 Å². The first-order chi connectivity index (χ1) is 9.33. The molecule has 4 heteroatoms. The molecule has 0 radical (unpaired) electrons. The van der Waals surface area contributed by atoms with Gasteiger partial charge in [-0.15, -0.1) is 11.3 Å². The van der Waals surface area contributed by atoms with Crippen LogP contribution in [0, 0.1) is 0 Å². The highest BCUT2D eigenvalue weighted by Crippen LogP contribution is 2.40. The maximum Gasteiger partial charge on any atom is 0.103 e. The Hall–Kier alpha value is -1.58. The smallest absolute Gasteiger partial charge is 0.103 e. The Morgan fingerprint density at radius 2 is 2.05 bits per heavy atom. The molecule has 94 valence electrons. The van der Waals surface area contributed by atoms with Crippen molar-refractivity contribution in [3.63, 3.8) is 0 Å². The molecule has 1 atom stereocenters. The summed E-state index contributed by atoms with van der Waals surface area (Å²) in [5.74, 6) is 0.338. The van der Waals surface area contributed by atoms with E-state index < -0.39 is 0 Å². The van der Waals surface area contributed by atoms with Gasteiger partial charge in [-0.3, -0.25) is 0 Å². The van der Waals surface area contributed by atoms with Crippen molar-refractivity contribution >= 4 is 38.8 Å². The van der Waals surface area contributed by atoms with Crippen molar-refractivity contribution in [2.24, 2.45) is 0 Å². The number of thiazole rings is 1. The molecule has 4 rings (SSSR count). The fourth-order valence-corrected chi connectivity index (χ4v) is 3.96. The topological polar surface area (TPSA) is 24.9 Å². The van der Waals surface area contributed by atoms with Crippen LogP contribution < -0.4 is 5.32 Å². The van der Waals surface area contributed by atoms with Gasteiger partial charge in [0, 0.05) is 12.2 Å². The van der Waals surface area contributed by atoms with Gasteiger partial charge in [-0.25, -0.2) is 4.98 Å². The molecule has 2 heterocycles. The Labute approximate surface area is 120 Å². The Morgan fingerprint density at radius 1 is 1.16 bits per heavy atom. The van der Waals surface area contributed by atoms with Crippen LogP contribution in [0.25, 0.3) is 10.2 Å². The highest BCUT2D eigenvalue weighted by atomic mass is 35.5. The van der Waals surface area contributed by atoms with Gasteiger partial charge in [0.05, 0.1) is 21.2 Å². The van der Waals surface area contributed by atoms with Crippen molar-refractivity contribution in [3.05, 3.63) is 58.1 Å². The number of aromatic nitrogens is 1. The average Bonchev–Trinajstić information content (AvgIpc) is 3.02. The number of hydrogen-bond donors (Lipinski definition) is 1. The van der Waals surface area contributed by atoms with Crippen molar-refractivity contribution in [2.75, 3.05) is 11.9 Å². The number of fused-ring (bicyclic) bond motifs is 2. The summed E-state index contributed by atoms with van der Waals surface area (Å²) in [4.78, 5) is 4.75. The van der Waals surface area contributed by atoms with E-state index in [0.29, 0.717) is 5.92 Å². The molecule has 0 fully saturated rings. The van der Waals surface area contributed by atoms with E-state index in [1.807, 2.05) is 18.2 Å². The molecule has 0 bridgehead atoms. The van der Waals surface area contributed by atoms with E-state index in [0.717, 1.165) is 26.8 Å². The van der Waals surface area contributed by atoms with Gasteiger partial charge in [-0.2, -0.15) is 0 Å². The molecule has 3 aromatic rings. The fraction of sp³-hybridized carbons (Fsp3) is 0.133. The summed E-state index contributed by atoms with van der Waals surface area (Å²) in [6.07, 6.45) is 0. The number of nitrogens with zero attached hydrogens (tertiary/aromatic N) is 1. The maximum absolute atomic E-state index is 6.23. The number of benzene rings is 2. The van der Waals surface area contributed by atoms with E-state index in [4.69, 9.17) is 16.6 Å². The minimum Gasteiger partial charge on any atom is -0.384 e. The molecule has 19 heavy (non-hydrogen) atoms. The minimum atomic E-state index is 0.338. The molecule has 2 aromatic carbocycles. The molecule has 0 saturated heterocycles. The minimum absolute atomic E-state index is 0.338. The molecule has 0 spiro atoms. The number of para-hydroxylation sites is 1. The summed E-state index contributed by atoms with van der Waals surface area (Å²) in [5, 5.41) is 5.37. The molecule has 1 aliphatic heterocycles. The van der Waals surface area contributed by atoms with Gasteiger partial charge < -0.3 is 5.32 Å². The van der Waals surface area contributed by atoms with Crippen molar-refractivity contribution in [1.82, 2.24) is 4.98 Å². The van der Waals surface area contributed by atoms with Gasteiger partial charge in [0.15, 0.2) is 0 Å². The van der Waals surface area contributed by atoms with E-state index in [1.165, 1.54) is 11.3 Å². The highest BCUT2D eigenvalue weighted by molar-refractivity contribution is 7.19. The van der Waals surface area contributed by atoms with Gasteiger partial charge in [0.25, 0.3) is 0 Å². The summed E-state index contributed by atoms with van der Waals surface area (Å²) in [5.41, 5.74) is 3.55.